The molecule has 2 atom stereocenters. The number of amides is 1. The predicted molar refractivity (Wildman–Crippen MR) is 120 cm³/mol. The van der Waals surface area contributed by atoms with Crippen LogP contribution in [0, 0.1) is 0 Å². The second-order valence-corrected chi connectivity index (χ2v) is 8.37. The highest BCUT2D eigenvalue weighted by Gasteiger charge is 2.21. The SMILES string of the molecule is CC[C@@H](C)c1ccccc1NC(=O)[C@H](C)Sc1nnc(-c2ccccc2)n1CC. The summed E-state index contributed by atoms with van der Waals surface area (Å²) in [6.45, 7) is 9.04. The van der Waals surface area contributed by atoms with Gasteiger partial charge in [0.2, 0.25) is 5.91 Å². The number of carbonyl (C=O) groups excluding carboxylic acids is 1. The fourth-order valence-electron chi connectivity index (χ4n) is 3.17. The minimum atomic E-state index is -0.293. The maximum atomic E-state index is 12.9. The molecule has 1 amide bonds. The van der Waals surface area contributed by atoms with E-state index in [9.17, 15) is 4.79 Å². The van der Waals surface area contributed by atoms with E-state index < -0.39 is 0 Å². The Morgan fingerprint density at radius 3 is 2.41 bits per heavy atom. The van der Waals surface area contributed by atoms with Gasteiger partial charge in [-0.25, -0.2) is 0 Å². The molecule has 152 valence electrons. The topological polar surface area (TPSA) is 59.8 Å². The monoisotopic (exact) mass is 408 g/mol. The molecule has 2 aromatic carbocycles. The van der Waals surface area contributed by atoms with E-state index in [1.807, 2.05) is 55.5 Å². The van der Waals surface area contributed by atoms with Crippen molar-refractivity contribution in [3.05, 3.63) is 60.2 Å². The van der Waals surface area contributed by atoms with Crippen LogP contribution in [0.1, 0.15) is 45.6 Å². The summed E-state index contributed by atoms with van der Waals surface area (Å²) < 4.78 is 2.05. The molecule has 0 aliphatic carbocycles. The molecular weight excluding hydrogens is 380 g/mol. The Morgan fingerprint density at radius 1 is 1.03 bits per heavy atom. The molecule has 1 N–H and O–H groups in total. The Morgan fingerprint density at radius 2 is 1.72 bits per heavy atom. The first-order valence-electron chi connectivity index (χ1n) is 10.1. The Hall–Kier alpha value is -2.60. The highest BCUT2D eigenvalue weighted by atomic mass is 32.2. The zero-order valence-electron chi connectivity index (χ0n) is 17.4. The van der Waals surface area contributed by atoms with Crippen LogP contribution in [0.4, 0.5) is 5.69 Å². The molecule has 6 heteroatoms. The summed E-state index contributed by atoms with van der Waals surface area (Å²) in [5.41, 5.74) is 3.08. The molecular formula is C23H28N4OS. The van der Waals surface area contributed by atoms with Crippen molar-refractivity contribution in [3.8, 4) is 11.4 Å². The van der Waals surface area contributed by atoms with E-state index in [4.69, 9.17) is 0 Å². The van der Waals surface area contributed by atoms with Crippen LogP contribution in [0.3, 0.4) is 0 Å². The summed E-state index contributed by atoms with van der Waals surface area (Å²) >= 11 is 1.43. The van der Waals surface area contributed by atoms with Gasteiger partial charge in [0.1, 0.15) is 0 Å². The van der Waals surface area contributed by atoms with Crippen molar-refractivity contribution in [1.82, 2.24) is 14.8 Å². The summed E-state index contributed by atoms with van der Waals surface area (Å²) in [6, 6.07) is 18.0. The van der Waals surface area contributed by atoms with E-state index in [0.29, 0.717) is 5.92 Å². The minimum absolute atomic E-state index is 0.0299. The van der Waals surface area contributed by atoms with Gasteiger partial charge < -0.3 is 9.88 Å². The number of nitrogens with zero attached hydrogens (tertiary/aromatic N) is 3. The van der Waals surface area contributed by atoms with Gasteiger partial charge in [-0.2, -0.15) is 0 Å². The average Bonchev–Trinajstić information content (AvgIpc) is 3.16. The van der Waals surface area contributed by atoms with Crippen molar-refractivity contribution in [3.63, 3.8) is 0 Å². The quantitative estimate of drug-likeness (QED) is 0.493. The lowest BCUT2D eigenvalue weighted by molar-refractivity contribution is -0.115. The van der Waals surface area contributed by atoms with Gasteiger partial charge in [-0.15, -0.1) is 10.2 Å². The second-order valence-electron chi connectivity index (χ2n) is 7.06. The Kier molecular flexibility index (Phi) is 7.09. The van der Waals surface area contributed by atoms with E-state index in [1.54, 1.807) is 0 Å². The first-order valence-corrected chi connectivity index (χ1v) is 11.0. The predicted octanol–water partition coefficient (Wildman–Crippen LogP) is 5.60. The molecule has 0 radical (unpaired) electrons. The largest absolute Gasteiger partial charge is 0.325 e. The smallest absolute Gasteiger partial charge is 0.237 e. The normalized spacial score (nSPS) is 13.1. The average molecular weight is 409 g/mol. The molecule has 0 spiro atoms. The summed E-state index contributed by atoms with van der Waals surface area (Å²) in [4.78, 5) is 12.9. The van der Waals surface area contributed by atoms with Gasteiger partial charge in [0, 0.05) is 17.8 Å². The lowest BCUT2D eigenvalue weighted by atomic mass is 9.97. The van der Waals surface area contributed by atoms with Crippen LogP contribution >= 0.6 is 11.8 Å². The van der Waals surface area contributed by atoms with Crippen molar-refractivity contribution in [2.75, 3.05) is 5.32 Å². The number of thioether (sulfide) groups is 1. The van der Waals surface area contributed by atoms with Gasteiger partial charge in [0.25, 0.3) is 0 Å². The molecule has 5 nitrogen and oxygen atoms in total. The summed E-state index contributed by atoms with van der Waals surface area (Å²) in [5.74, 6) is 1.19. The van der Waals surface area contributed by atoms with Crippen molar-refractivity contribution in [2.45, 2.75) is 57.0 Å². The third kappa shape index (κ3) is 4.88. The molecule has 1 heterocycles. The number of nitrogens with one attached hydrogen (secondary N) is 1. The van der Waals surface area contributed by atoms with E-state index in [-0.39, 0.29) is 11.2 Å². The zero-order valence-corrected chi connectivity index (χ0v) is 18.2. The van der Waals surface area contributed by atoms with Gasteiger partial charge >= 0.3 is 0 Å². The van der Waals surface area contributed by atoms with Crippen LogP contribution in [-0.4, -0.2) is 25.9 Å². The van der Waals surface area contributed by atoms with E-state index >= 15 is 0 Å². The summed E-state index contributed by atoms with van der Waals surface area (Å²) in [5, 5.41) is 12.3. The molecule has 3 aromatic rings. The van der Waals surface area contributed by atoms with Crippen molar-refractivity contribution >= 4 is 23.4 Å². The Bertz CT molecular complexity index is 955. The number of carbonyl (C=O) groups is 1. The Balaban J connectivity index is 1.75. The van der Waals surface area contributed by atoms with Gasteiger partial charge in [-0.1, -0.05) is 74.1 Å². The maximum Gasteiger partial charge on any atom is 0.237 e. The molecule has 0 fully saturated rings. The molecule has 0 unspecified atom stereocenters. The van der Waals surface area contributed by atoms with Gasteiger partial charge in [-0.05, 0) is 37.8 Å². The lowest BCUT2D eigenvalue weighted by Gasteiger charge is -2.17. The fourth-order valence-corrected chi connectivity index (χ4v) is 4.08. The highest BCUT2D eigenvalue weighted by Crippen LogP contribution is 2.29. The standard InChI is InChI=1S/C23H28N4OS/c1-5-16(3)19-14-10-11-15-20(19)24-22(28)17(4)29-23-26-25-21(27(23)6-2)18-12-8-7-9-13-18/h7-17H,5-6H2,1-4H3,(H,24,28)/t16-,17+/m1/s1. The van der Waals surface area contributed by atoms with Crippen LogP contribution < -0.4 is 5.32 Å². The van der Waals surface area contributed by atoms with Crippen LogP contribution in [0.5, 0.6) is 0 Å². The van der Waals surface area contributed by atoms with E-state index in [0.717, 1.165) is 35.2 Å². The maximum absolute atomic E-state index is 12.9. The van der Waals surface area contributed by atoms with Gasteiger partial charge in [-0.3, -0.25) is 4.79 Å². The van der Waals surface area contributed by atoms with Crippen molar-refractivity contribution < 1.29 is 4.79 Å². The van der Waals surface area contributed by atoms with E-state index in [2.05, 4.69) is 46.9 Å². The molecule has 0 saturated heterocycles. The molecule has 0 aliphatic rings. The minimum Gasteiger partial charge on any atom is -0.325 e. The lowest BCUT2D eigenvalue weighted by Crippen LogP contribution is -2.23. The summed E-state index contributed by atoms with van der Waals surface area (Å²) in [7, 11) is 0. The number of anilines is 1. The van der Waals surface area contributed by atoms with Crippen LogP contribution in [0.25, 0.3) is 11.4 Å². The first-order chi connectivity index (χ1) is 14.0. The third-order valence-electron chi connectivity index (χ3n) is 5.08. The zero-order chi connectivity index (χ0) is 20.8. The number of hydrogen-bond acceptors (Lipinski definition) is 4. The van der Waals surface area contributed by atoms with Crippen LogP contribution in [-0.2, 0) is 11.3 Å². The number of aromatic nitrogens is 3. The molecule has 3 rings (SSSR count). The van der Waals surface area contributed by atoms with Crippen molar-refractivity contribution in [1.29, 1.82) is 0 Å². The van der Waals surface area contributed by atoms with Crippen LogP contribution in [0.2, 0.25) is 0 Å². The van der Waals surface area contributed by atoms with Gasteiger partial charge in [0.05, 0.1) is 5.25 Å². The second kappa shape index (κ2) is 9.74. The van der Waals surface area contributed by atoms with Crippen molar-refractivity contribution in [2.24, 2.45) is 0 Å². The highest BCUT2D eigenvalue weighted by molar-refractivity contribution is 8.00. The molecule has 0 saturated carbocycles. The number of hydrogen-bond donors (Lipinski definition) is 1. The first kappa shape index (κ1) is 21.1. The molecule has 1 aromatic heterocycles. The van der Waals surface area contributed by atoms with Gasteiger partial charge in [0.15, 0.2) is 11.0 Å². The molecule has 29 heavy (non-hydrogen) atoms. The fraction of sp³-hybridized carbons (Fsp3) is 0.348. The third-order valence-corrected chi connectivity index (χ3v) is 6.16. The Labute approximate surface area is 176 Å². The number of para-hydroxylation sites is 1. The molecule has 0 bridgehead atoms. The summed E-state index contributed by atoms with van der Waals surface area (Å²) in [6.07, 6.45) is 1.03. The molecule has 0 aliphatic heterocycles. The van der Waals surface area contributed by atoms with Crippen LogP contribution in [0.15, 0.2) is 59.8 Å². The van der Waals surface area contributed by atoms with E-state index in [1.165, 1.54) is 17.3 Å². The number of benzene rings is 2. The number of rotatable bonds is 8.